The number of rotatable bonds is 5. The molecule has 6 nitrogen and oxygen atoms in total. The fourth-order valence-corrected chi connectivity index (χ4v) is 4.08. The molecule has 9 heteroatoms. The normalized spacial score (nSPS) is 13.6. The number of benzene rings is 3. The summed E-state index contributed by atoms with van der Waals surface area (Å²) in [5.41, 5.74) is 0.506. The third kappa shape index (κ3) is 4.78. The van der Waals surface area contributed by atoms with Crippen LogP contribution in [0.1, 0.15) is 26.3 Å². The molecule has 1 saturated heterocycles. The number of ketones is 1. The number of amides is 1. The van der Waals surface area contributed by atoms with E-state index in [2.05, 4.69) is 15.2 Å². The minimum absolute atomic E-state index is 0.0790. The molecule has 3 aromatic carbocycles. The van der Waals surface area contributed by atoms with E-state index in [9.17, 15) is 18.4 Å². The average Bonchev–Trinajstić information content (AvgIpc) is 2.90. The Kier molecular flexibility index (Phi) is 6.39. The molecule has 36 heavy (non-hydrogen) atoms. The van der Waals surface area contributed by atoms with E-state index in [0.717, 1.165) is 30.0 Å². The van der Waals surface area contributed by atoms with Crippen molar-refractivity contribution in [3.8, 4) is 0 Å². The molecule has 1 aliphatic rings. The zero-order chi connectivity index (χ0) is 25.2. The van der Waals surface area contributed by atoms with Crippen LogP contribution in [0.2, 0.25) is 0 Å². The van der Waals surface area contributed by atoms with Gasteiger partial charge in [-0.2, -0.15) is 0 Å². The third-order valence-corrected chi connectivity index (χ3v) is 5.92. The number of hydrogen-bond donors (Lipinski definition) is 1. The highest BCUT2D eigenvalue weighted by molar-refractivity contribution is 6.12. The van der Waals surface area contributed by atoms with E-state index in [0.29, 0.717) is 37.2 Å². The van der Waals surface area contributed by atoms with E-state index in [1.807, 2.05) is 6.07 Å². The summed E-state index contributed by atoms with van der Waals surface area (Å²) < 4.78 is 48.4. The molecule has 1 aliphatic heterocycles. The highest BCUT2D eigenvalue weighted by atomic mass is 19.1. The third-order valence-electron chi connectivity index (χ3n) is 5.92. The Hall–Kier alpha value is -4.24. The number of nitrogens with zero attached hydrogens (tertiary/aromatic N) is 2. The molecule has 1 amide bonds. The van der Waals surface area contributed by atoms with E-state index in [1.165, 1.54) is 18.2 Å². The van der Waals surface area contributed by atoms with Gasteiger partial charge in [0.05, 0.1) is 41.9 Å². The molecule has 0 saturated carbocycles. The molecule has 1 fully saturated rings. The van der Waals surface area contributed by atoms with Gasteiger partial charge in [0, 0.05) is 35.7 Å². The maximum Gasteiger partial charge on any atom is 0.255 e. The molecule has 0 atom stereocenters. The van der Waals surface area contributed by atoms with Crippen molar-refractivity contribution in [1.82, 2.24) is 4.98 Å². The van der Waals surface area contributed by atoms with Gasteiger partial charge in [-0.25, -0.2) is 13.2 Å². The van der Waals surface area contributed by atoms with Crippen molar-refractivity contribution in [1.29, 1.82) is 0 Å². The number of hydrogen-bond acceptors (Lipinski definition) is 5. The Morgan fingerprint density at radius 2 is 1.69 bits per heavy atom. The van der Waals surface area contributed by atoms with Crippen molar-refractivity contribution in [3.05, 3.63) is 101 Å². The second kappa shape index (κ2) is 9.79. The molecule has 1 N–H and O–H groups in total. The van der Waals surface area contributed by atoms with Crippen LogP contribution >= 0.6 is 0 Å². The predicted molar refractivity (Wildman–Crippen MR) is 129 cm³/mol. The molecule has 5 rings (SSSR count). The number of nitrogens with one attached hydrogen (secondary N) is 1. The molecule has 0 spiro atoms. The standard InChI is InChI=1S/C27H20F3N3O3/c28-19-3-1-2-17(11-19)27(35)32-24-14-20(29)13-22(25(24)30)26(34)16-4-5-23-18(10-16)12-21(15-31-23)33-6-8-36-9-7-33/h1-5,10-15H,6-9H2,(H,32,35). The number of aromatic nitrogens is 1. The maximum atomic E-state index is 15.3. The minimum atomic E-state index is -1.09. The fraction of sp³-hybridized carbons (Fsp3) is 0.148. The number of anilines is 2. The smallest absolute Gasteiger partial charge is 0.255 e. The van der Waals surface area contributed by atoms with Gasteiger partial charge in [-0.15, -0.1) is 0 Å². The van der Waals surface area contributed by atoms with Crippen LogP contribution < -0.4 is 10.2 Å². The summed E-state index contributed by atoms with van der Waals surface area (Å²) >= 11 is 0. The van der Waals surface area contributed by atoms with E-state index in [4.69, 9.17) is 4.74 Å². The van der Waals surface area contributed by atoms with Gasteiger partial charge in [0.25, 0.3) is 5.91 Å². The van der Waals surface area contributed by atoms with E-state index >= 15 is 4.39 Å². The van der Waals surface area contributed by atoms with E-state index in [1.54, 1.807) is 18.3 Å². The Labute approximate surface area is 204 Å². The van der Waals surface area contributed by atoms with Crippen LogP contribution in [0.4, 0.5) is 24.5 Å². The maximum absolute atomic E-state index is 15.3. The SMILES string of the molecule is O=C(Nc1cc(F)cc(C(=O)c2ccc3ncc(N4CCOCC4)cc3c2)c1F)c1cccc(F)c1. The monoisotopic (exact) mass is 491 g/mol. The van der Waals surface area contributed by atoms with Gasteiger partial charge in [0.1, 0.15) is 11.6 Å². The largest absolute Gasteiger partial charge is 0.378 e. The molecule has 0 unspecified atom stereocenters. The highest BCUT2D eigenvalue weighted by Gasteiger charge is 2.21. The first-order chi connectivity index (χ1) is 17.4. The lowest BCUT2D eigenvalue weighted by Crippen LogP contribution is -2.36. The van der Waals surface area contributed by atoms with Gasteiger partial charge in [0.15, 0.2) is 11.6 Å². The summed E-state index contributed by atoms with van der Waals surface area (Å²) in [6.07, 6.45) is 1.74. The van der Waals surface area contributed by atoms with Crippen molar-refractivity contribution >= 4 is 34.0 Å². The van der Waals surface area contributed by atoms with Crippen LogP contribution in [0.5, 0.6) is 0 Å². The van der Waals surface area contributed by atoms with Gasteiger partial charge >= 0.3 is 0 Å². The van der Waals surface area contributed by atoms with Crippen molar-refractivity contribution in [2.45, 2.75) is 0 Å². The first-order valence-corrected chi connectivity index (χ1v) is 11.2. The first-order valence-electron chi connectivity index (χ1n) is 11.2. The number of pyridine rings is 1. The number of carbonyl (C=O) groups excluding carboxylic acids is 2. The number of carbonyl (C=O) groups is 2. The van der Waals surface area contributed by atoms with Crippen LogP contribution in [-0.2, 0) is 4.74 Å². The Bertz CT molecular complexity index is 1490. The van der Waals surface area contributed by atoms with Crippen molar-refractivity contribution < 1.29 is 27.5 Å². The Morgan fingerprint density at radius 3 is 2.47 bits per heavy atom. The van der Waals surface area contributed by atoms with Gasteiger partial charge in [-0.05, 0) is 48.5 Å². The van der Waals surface area contributed by atoms with Crippen LogP contribution in [0.15, 0.2) is 66.9 Å². The minimum Gasteiger partial charge on any atom is -0.378 e. The van der Waals surface area contributed by atoms with Crippen LogP contribution in [0.25, 0.3) is 10.9 Å². The van der Waals surface area contributed by atoms with Gasteiger partial charge in [-0.3, -0.25) is 14.6 Å². The summed E-state index contributed by atoms with van der Waals surface area (Å²) in [6, 6.07) is 12.9. The lowest BCUT2D eigenvalue weighted by molar-refractivity contribution is 0.101. The highest BCUT2D eigenvalue weighted by Crippen LogP contribution is 2.26. The number of fused-ring (bicyclic) bond motifs is 1. The van der Waals surface area contributed by atoms with Gasteiger partial charge in [0.2, 0.25) is 0 Å². The summed E-state index contributed by atoms with van der Waals surface area (Å²) in [5, 5.41) is 2.88. The lowest BCUT2D eigenvalue weighted by atomic mass is 10.00. The topological polar surface area (TPSA) is 71.5 Å². The van der Waals surface area contributed by atoms with Crippen molar-refractivity contribution in [2.24, 2.45) is 0 Å². The van der Waals surface area contributed by atoms with E-state index < -0.39 is 40.4 Å². The molecule has 2 heterocycles. The van der Waals surface area contributed by atoms with Crippen LogP contribution in [-0.4, -0.2) is 43.0 Å². The number of ether oxygens (including phenoxy) is 1. The van der Waals surface area contributed by atoms with Crippen molar-refractivity contribution in [3.63, 3.8) is 0 Å². The molecule has 0 bridgehead atoms. The quantitative estimate of drug-likeness (QED) is 0.399. The second-order valence-electron chi connectivity index (χ2n) is 8.31. The Balaban J connectivity index is 1.45. The molecule has 4 aromatic rings. The van der Waals surface area contributed by atoms with Crippen LogP contribution in [0.3, 0.4) is 0 Å². The van der Waals surface area contributed by atoms with Gasteiger partial charge < -0.3 is 15.0 Å². The summed E-state index contributed by atoms with van der Waals surface area (Å²) in [4.78, 5) is 32.2. The first kappa shape index (κ1) is 23.5. The molecule has 1 aromatic heterocycles. The summed E-state index contributed by atoms with van der Waals surface area (Å²) in [6.45, 7) is 2.63. The number of halogens is 3. The zero-order valence-corrected chi connectivity index (χ0v) is 18.9. The van der Waals surface area contributed by atoms with Crippen LogP contribution in [0, 0.1) is 17.5 Å². The zero-order valence-electron chi connectivity index (χ0n) is 18.9. The van der Waals surface area contributed by atoms with E-state index in [-0.39, 0.29) is 11.1 Å². The average molecular weight is 491 g/mol. The molecule has 0 aliphatic carbocycles. The lowest BCUT2D eigenvalue weighted by Gasteiger charge is -2.28. The summed E-state index contributed by atoms with van der Waals surface area (Å²) in [5.74, 6) is -4.25. The molecule has 182 valence electrons. The summed E-state index contributed by atoms with van der Waals surface area (Å²) in [7, 11) is 0. The number of morpholine rings is 1. The molecular weight excluding hydrogens is 471 g/mol. The van der Waals surface area contributed by atoms with Gasteiger partial charge in [-0.1, -0.05) is 6.07 Å². The van der Waals surface area contributed by atoms with Crippen molar-refractivity contribution in [2.75, 3.05) is 36.5 Å². The fourth-order valence-electron chi connectivity index (χ4n) is 4.08. The predicted octanol–water partition coefficient (Wildman–Crippen LogP) is 4.97. The second-order valence-corrected chi connectivity index (χ2v) is 8.31. The Morgan fingerprint density at radius 1 is 0.889 bits per heavy atom. The molecular formula is C27H20F3N3O3. The molecule has 0 radical (unpaired) electrons.